The van der Waals surface area contributed by atoms with Crippen molar-refractivity contribution in [1.29, 1.82) is 0 Å². The summed E-state index contributed by atoms with van der Waals surface area (Å²) in [4.78, 5) is 13.9. The van der Waals surface area contributed by atoms with E-state index in [1.165, 1.54) is 32.1 Å². The number of amides is 2. The van der Waals surface area contributed by atoms with E-state index in [0.717, 1.165) is 25.9 Å². The molecule has 0 aromatic heterocycles. The Bertz CT molecular complexity index is 228. The molecule has 0 aromatic rings. The molecular weight excluding hydrogens is 188 g/mol. The summed E-state index contributed by atoms with van der Waals surface area (Å²) in [5.74, 6) is 0. The second-order valence-electron chi connectivity index (χ2n) is 5.25. The van der Waals surface area contributed by atoms with Crippen molar-refractivity contribution in [3.8, 4) is 0 Å². The lowest BCUT2D eigenvalue weighted by atomic mass is 9.83. The second kappa shape index (κ2) is 4.42. The Morgan fingerprint density at radius 3 is 2.27 bits per heavy atom. The topological polar surface area (TPSA) is 32.3 Å². The summed E-state index contributed by atoms with van der Waals surface area (Å²) in [6, 6.07) is 0.164. The minimum Gasteiger partial charge on any atom is -0.333 e. The van der Waals surface area contributed by atoms with E-state index < -0.39 is 0 Å². The molecule has 86 valence electrons. The summed E-state index contributed by atoms with van der Waals surface area (Å²) < 4.78 is 0. The van der Waals surface area contributed by atoms with Gasteiger partial charge >= 0.3 is 6.03 Å². The molecule has 2 fully saturated rings. The van der Waals surface area contributed by atoms with E-state index in [1.807, 2.05) is 4.90 Å². The van der Waals surface area contributed by atoms with Gasteiger partial charge in [0, 0.05) is 18.6 Å². The van der Waals surface area contributed by atoms with Crippen molar-refractivity contribution < 1.29 is 4.79 Å². The zero-order valence-electron chi connectivity index (χ0n) is 9.72. The van der Waals surface area contributed by atoms with E-state index in [2.05, 4.69) is 12.2 Å². The highest BCUT2D eigenvalue weighted by Gasteiger charge is 2.30. The SMILES string of the molecule is CC1(NC(=O)N2CCCC2)CCCCC1. The second-order valence-corrected chi connectivity index (χ2v) is 5.25. The van der Waals surface area contributed by atoms with Gasteiger partial charge in [-0.05, 0) is 32.6 Å². The Morgan fingerprint density at radius 2 is 1.67 bits per heavy atom. The zero-order valence-corrected chi connectivity index (χ0v) is 9.72. The molecule has 2 amide bonds. The Labute approximate surface area is 92.2 Å². The van der Waals surface area contributed by atoms with Crippen LogP contribution in [0.1, 0.15) is 51.9 Å². The Kier molecular flexibility index (Phi) is 3.17. The molecule has 0 aromatic carbocycles. The van der Waals surface area contributed by atoms with E-state index in [4.69, 9.17) is 0 Å². The van der Waals surface area contributed by atoms with Gasteiger partial charge in [0.2, 0.25) is 0 Å². The fourth-order valence-corrected chi connectivity index (χ4v) is 2.71. The van der Waals surface area contributed by atoms with Crippen LogP contribution in [0.15, 0.2) is 0 Å². The largest absolute Gasteiger partial charge is 0.333 e. The van der Waals surface area contributed by atoms with Crippen LogP contribution < -0.4 is 5.32 Å². The van der Waals surface area contributed by atoms with Gasteiger partial charge in [0.15, 0.2) is 0 Å². The summed E-state index contributed by atoms with van der Waals surface area (Å²) in [6.07, 6.45) is 8.48. The summed E-state index contributed by atoms with van der Waals surface area (Å²) in [5, 5.41) is 3.22. The van der Waals surface area contributed by atoms with E-state index in [0.29, 0.717) is 0 Å². The molecule has 0 spiro atoms. The van der Waals surface area contributed by atoms with Crippen molar-refractivity contribution in [2.24, 2.45) is 0 Å². The van der Waals surface area contributed by atoms with Gasteiger partial charge in [-0.25, -0.2) is 4.79 Å². The van der Waals surface area contributed by atoms with Crippen LogP contribution in [0.4, 0.5) is 4.79 Å². The number of carbonyl (C=O) groups excluding carboxylic acids is 1. The van der Waals surface area contributed by atoms with Crippen LogP contribution in [0.5, 0.6) is 0 Å². The van der Waals surface area contributed by atoms with Crippen molar-refractivity contribution in [3.63, 3.8) is 0 Å². The van der Waals surface area contributed by atoms with Crippen molar-refractivity contribution in [2.45, 2.75) is 57.4 Å². The minimum atomic E-state index is 0.0674. The monoisotopic (exact) mass is 210 g/mol. The normalized spacial score (nSPS) is 25.3. The lowest BCUT2D eigenvalue weighted by Gasteiger charge is -2.35. The maximum Gasteiger partial charge on any atom is 0.317 e. The molecule has 1 saturated carbocycles. The Balaban J connectivity index is 1.86. The average Bonchev–Trinajstić information content (AvgIpc) is 2.70. The molecule has 0 bridgehead atoms. The van der Waals surface area contributed by atoms with E-state index in [9.17, 15) is 4.79 Å². The number of likely N-dealkylation sites (tertiary alicyclic amines) is 1. The molecule has 1 N–H and O–H groups in total. The smallest absolute Gasteiger partial charge is 0.317 e. The molecule has 2 rings (SSSR count). The van der Waals surface area contributed by atoms with E-state index in [-0.39, 0.29) is 11.6 Å². The van der Waals surface area contributed by atoms with Gasteiger partial charge in [-0.2, -0.15) is 0 Å². The Morgan fingerprint density at radius 1 is 1.07 bits per heavy atom. The molecule has 0 radical (unpaired) electrons. The fraction of sp³-hybridized carbons (Fsp3) is 0.917. The van der Waals surface area contributed by atoms with Gasteiger partial charge in [-0.3, -0.25) is 0 Å². The first-order valence-corrected chi connectivity index (χ1v) is 6.27. The van der Waals surface area contributed by atoms with E-state index in [1.54, 1.807) is 0 Å². The zero-order chi connectivity index (χ0) is 10.7. The van der Waals surface area contributed by atoms with Gasteiger partial charge in [0.05, 0.1) is 0 Å². The number of urea groups is 1. The molecule has 0 unspecified atom stereocenters. The minimum absolute atomic E-state index is 0.0674. The van der Waals surface area contributed by atoms with Gasteiger partial charge < -0.3 is 10.2 Å². The lowest BCUT2D eigenvalue weighted by Crippen LogP contribution is -2.51. The predicted octanol–water partition coefficient (Wildman–Crippen LogP) is 2.51. The Hall–Kier alpha value is -0.730. The number of nitrogens with one attached hydrogen (secondary N) is 1. The van der Waals surface area contributed by atoms with Crippen molar-refractivity contribution in [1.82, 2.24) is 10.2 Å². The van der Waals surface area contributed by atoms with Crippen LogP contribution in [0, 0.1) is 0 Å². The lowest BCUT2D eigenvalue weighted by molar-refractivity contribution is 0.182. The quantitative estimate of drug-likeness (QED) is 0.708. The standard InChI is InChI=1S/C12H22N2O/c1-12(7-3-2-4-8-12)13-11(15)14-9-5-6-10-14/h2-10H2,1H3,(H,13,15). The highest BCUT2D eigenvalue weighted by molar-refractivity contribution is 5.75. The van der Waals surface area contributed by atoms with Crippen LogP contribution in [0.25, 0.3) is 0 Å². The van der Waals surface area contributed by atoms with Crippen LogP contribution in [-0.2, 0) is 0 Å². The third kappa shape index (κ3) is 2.64. The molecule has 1 aliphatic carbocycles. The number of nitrogens with zero attached hydrogens (tertiary/aromatic N) is 1. The maximum absolute atomic E-state index is 11.9. The maximum atomic E-state index is 11.9. The number of carbonyl (C=O) groups is 1. The number of rotatable bonds is 1. The average molecular weight is 210 g/mol. The molecule has 2 aliphatic rings. The summed E-state index contributed by atoms with van der Waals surface area (Å²) >= 11 is 0. The number of hydrogen-bond acceptors (Lipinski definition) is 1. The molecule has 15 heavy (non-hydrogen) atoms. The molecule has 0 atom stereocenters. The van der Waals surface area contributed by atoms with E-state index >= 15 is 0 Å². The molecule has 3 heteroatoms. The molecule has 3 nitrogen and oxygen atoms in total. The van der Waals surface area contributed by atoms with Crippen molar-refractivity contribution in [2.75, 3.05) is 13.1 Å². The fourth-order valence-electron chi connectivity index (χ4n) is 2.71. The van der Waals surface area contributed by atoms with Crippen LogP contribution in [0.2, 0.25) is 0 Å². The van der Waals surface area contributed by atoms with Crippen molar-refractivity contribution >= 4 is 6.03 Å². The van der Waals surface area contributed by atoms with Gasteiger partial charge in [-0.15, -0.1) is 0 Å². The van der Waals surface area contributed by atoms with Crippen LogP contribution in [-0.4, -0.2) is 29.6 Å². The van der Waals surface area contributed by atoms with Gasteiger partial charge in [0.25, 0.3) is 0 Å². The first-order valence-electron chi connectivity index (χ1n) is 6.27. The third-order valence-corrected chi connectivity index (χ3v) is 3.76. The van der Waals surface area contributed by atoms with Crippen LogP contribution >= 0.6 is 0 Å². The first kappa shape index (κ1) is 10.8. The highest BCUT2D eigenvalue weighted by atomic mass is 16.2. The molecular formula is C12H22N2O. The van der Waals surface area contributed by atoms with Gasteiger partial charge in [-0.1, -0.05) is 19.3 Å². The first-order chi connectivity index (χ1) is 7.20. The predicted molar refractivity (Wildman–Crippen MR) is 60.8 cm³/mol. The molecule has 1 saturated heterocycles. The third-order valence-electron chi connectivity index (χ3n) is 3.76. The van der Waals surface area contributed by atoms with Gasteiger partial charge in [0.1, 0.15) is 0 Å². The molecule has 1 heterocycles. The summed E-state index contributed by atoms with van der Waals surface area (Å²) in [5.41, 5.74) is 0.0674. The molecule has 1 aliphatic heterocycles. The number of hydrogen-bond donors (Lipinski definition) is 1. The van der Waals surface area contributed by atoms with Crippen molar-refractivity contribution in [3.05, 3.63) is 0 Å². The summed E-state index contributed by atoms with van der Waals surface area (Å²) in [7, 11) is 0. The van der Waals surface area contributed by atoms with Crippen LogP contribution in [0.3, 0.4) is 0 Å². The highest BCUT2D eigenvalue weighted by Crippen LogP contribution is 2.27. The summed E-state index contributed by atoms with van der Waals surface area (Å²) in [6.45, 7) is 4.09.